The summed E-state index contributed by atoms with van der Waals surface area (Å²) in [4.78, 5) is 37.5. The minimum atomic E-state index is -1.04. The maximum absolute atomic E-state index is 12.8. The molecule has 2 aromatic carbocycles. The molecule has 0 saturated carbocycles. The van der Waals surface area contributed by atoms with Crippen molar-refractivity contribution in [3.05, 3.63) is 82.0 Å². The second-order valence-corrected chi connectivity index (χ2v) is 9.18. The normalized spacial score (nSPS) is 13.9. The van der Waals surface area contributed by atoms with E-state index in [0.29, 0.717) is 0 Å². The first kappa shape index (κ1) is 23.5. The van der Waals surface area contributed by atoms with E-state index in [9.17, 15) is 14.4 Å². The number of rotatable bonds is 9. The Hall–Kier alpha value is -3.65. The molecule has 3 aromatic rings. The molecule has 1 heterocycles. The van der Waals surface area contributed by atoms with E-state index in [2.05, 4.69) is 22.8 Å². The summed E-state index contributed by atoms with van der Waals surface area (Å²) in [5.41, 5.74) is 4.41. The van der Waals surface area contributed by atoms with Crippen molar-refractivity contribution < 1.29 is 24.2 Å². The predicted molar refractivity (Wildman–Crippen MR) is 130 cm³/mol. The summed E-state index contributed by atoms with van der Waals surface area (Å²) >= 11 is 1.51. The van der Waals surface area contributed by atoms with Gasteiger partial charge in [-0.25, -0.2) is 4.79 Å². The lowest BCUT2D eigenvalue weighted by Gasteiger charge is -2.21. The fraction of sp³-hybridized carbons (Fsp3) is 0.269. The van der Waals surface area contributed by atoms with Crippen LogP contribution in [0.1, 0.15) is 47.7 Å². The van der Waals surface area contributed by atoms with Crippen molar-refractivity contribution >= 4 is 29.3 Å². The van der Waals surface area contributed by atoms with Gasteiger partial charge in [-0.3, -0.25) is 9.59 Å². The van der Waals surface area contributed by atoms with Crippen molar-refractivity contribution in [2.45, 2.75) is 37.8 Å². The third-order valence-corrected chi connectivity index (χ3v) is 6.98. The number of aliphatic carboxylic acids is 1. The monoisotopic (exact) mass is 478 g/mol. The molecule has 0 bridgehead atoms. The van der Waals surface area contributed by atoms with Crippen molar-refractivity contribution in [3.63, 3.8) is 0 Å². The van der Waals surface area contributed by atoms with Crippen LogP contribution in [0.3, 0.4) is 0 Å². The molecule has 3 N–H and O–H groups in total. The molecule has 0 aliphatic heterocycles. The topological polar surface area (TPSA) is 105 Å². The molecule has 0 saturated heterocycles. The highest BCUT2D eigenvalue weighted by molar-refractivity contribution is 7.10. The third kappa shape index (κ3) is 5.28. The maximum Gasteiger partial charge on any atom is 0.407 e. The number of hydrogen-bond donors (Lipinski definition) is 3. The standard InChI is InChI=1S/C26H26N2O5S/c1-16(23-11-6-14-34-23)27-25(31)22(12-13-24(29)30)28-26(32)33-15-21-19-9-4-2-7-17(19)18-8-3-5-10-20(18)21/h2-11,14,16,21-22H,12-13,15H2,1H3,(H,27,31)(H,28,32)(H,29,30)/t16-,22?/m1/s1. The van der Waals surface area contributed by atoms with Crippen LogP contribution >= 0.6 is 11.3 Å². The van der Waals surface area contributed by atoms with Crippen LogP contribution in [0.2, 0.25) is 0 Å². The number of nitrogens with one attached hydrogen (secondary N) is 2. The zero-order chi connectivity index (χ0) is 24.1. The molecule has 1 aromatic heterocycles. The molecule has 7 nitrogen and oxygen atoms in total. The van der Waals surface area contributed by atoms with Gasteiger partial charge in [0, 0.05) is 17.2 Å². The Kier molecular flexibility index (Phi) is 7.27. The van der Waals surface area contributed by atoms with Crippen LogP contribution in [0.25, 0.3) is 11.1 Å². The van der Waals surface area contributed by atoms with Crippen LogP contribution in [0, 0.1) is 0 Å². The Morgan fingerprint density at radius 1 is 0.971 bits per heavy atom. The highest BCUT2D eigenvalue weighted by Crippen LogP contribution is 2.44. The Bertz CT molecular complexity index is 1130. The molecule has 0 spiro atoms. The first-order valence-electron chi connectivity index (χ1n) is 11.1. The van der Waals surface area contributed by atoms with Crippen LogP contribution in [-0.4, -0.2) is 35.7 Å². The van der Waals surface area contributed by atoms with Gasteiger partial charge in [-0.05, 0) is 47.0 Å². The second-order valence-electron chi connectivity index (χ2n) is 8.20. The SMILES string of the molecule is C[C@@H](NC(=O)C(CCC(=O)O)NC(=O)OCC1c2ccccc2-c2ccccc21)c1cccs1. The molecule has 8 heteroatoms. The highest BCUT2D eigenvalue weighted by atomic mass is 32.1. The summed E-state index contributed by atoms with van der Waals surface area (Å²) in [5, 5.41) is 16.4. The van der Waals surface area contributed by atoms with Crippen molar-refractivity contribution in [3.8, 4) is 11.1 Å². The van der Waals surface area contributed by atoms with E-state index in [1.165, 1.54) is 11.3 Å². The van der Waals surface area contributed by atoms with Crippen LogP contribution in [-0.2, 0) is 14.3 Å². The maximum atomic E-state index is 12.8. The van der Waals surface area contributed by atoms with Gasteiger partial charge in [0.05, 0.1) is 6.04 Å². The summed E-state index contributed by atoms with van der Waals surface area (Å²) in [6.45, 7) is 1.95. The number of carboxylic acids is 1. The predicted octanol–water partition coefficient (Wildman–Crippen LogP) is 4.70. The van der Waals surface area contributed by atoms with E-state index < -0.39 is 24.0 Å². The Balaban J connectivity index is 1.41. The number of carboxylic acid groups (broad SMARTS) is 1. The van der Waals surface area contributed by atoms with Crippen LogP contribution < -0.4 is 10.6 Å². The van der Waals surface area contributed by atoms with E-state index >= 15 is 0 Å². The molecule has 1 aliphatic carbocycles. The van der Waals surface area contributed by atoms with E-state index in [-0.39, 0.29) is 31.4 Å². The molecular weight excluding hydrogens is 452 g/mol. The molecule has 2 amide bonds. The van der Waals surface area contributed by atoms with Crippen LogP contribution in [0.5, 0.6) is 0 Å². The van der Waals surface area contributed by atoms with Gasteiger partial charge in [0.25, 0.3) is 0 Å². The first-order chi connectivity index (χ1) is 16.4. The lowest BCUT2D eigenvalue weighted by Crippen LogP contribution is -2.47. The van der Waals surface area contributed by atoms with E-state index in [0.717, 1.165) is 27.1 Å². The van der Waals surface area contributed by atoms with Crippen LogP contribution in [0.4, 0.5) is 4.79 Å². The minimum Gasteiger partial charge on any atom is -0.481 e. The largest absolute Gasteiger partial charge is 0.481 e. The molecule has 1 unspecified atom stereocenters. The first-order valence-corrected chi connectivity index (χ1v) is 12.0. The summed E-state index contributed by atoms with van der Waals surface area (Å²) in [6.07, 6.45) is -1.05. The van der Waals surface area contributed by atoms with Crippen molar-refractivity contribution in [1.29, 1.82) is 0 Å². The van der Waals surface area contributed by atoms with Crippen molar-refractivity contribution in [2.75, 3.05) is 6.61 Å². The number of amides is 2. The van der Waals surface area contributed by atoms with Gasteiger partial charge in [0.15, 0.2) is 0 Å². The van der Waals surface area contributed by atoms with Gasteiger partial charge in [0.1, 0.15) is 12.6 Å². The second kappa shape index (κ2) is 10.5. The van der Waals surface area contributed by atoms with Crippen LogP contribution in [0.15, 0.2) is 66.0 Å². The van der Waals surface area contributed by atoms with Gasteiger partial charge < -0.3 is 20.5 Å². The van der Waals surface area contributed by atoms with E-state index in [1.807, 2.05) is 60.8 Å². The van der Waals surface area contributed by atoms with E-state index in [4.69, 9.17) is 9.84 Å². The number of hydrogen-bond acceptors (Lipinski definition) is 5. The number of benzene rings is 2. The molecular formula is C26H26N2O5S. The van der Waals surface area contributed by atoms with E-state index in [1.54, 1.807) is 0 Å². The molecule has 34 heavy (non-hydrogen) atoms. The zero-order valence-corrected chi connectivity index (χ0v) is 19.5. The molecule has 2 atom stereocenters. The summed E-state index contributed by atoms with van der Waals surface area (Å²) < 4.78 is 5.53. The minimum absolute atomic E-state index is 0.0392. The number of alkyl carbamates (subject to hydrolysis) is 1. The molecule has 1 aliphatic rings. The number of carbonyl (C=O) groups is 3. The lowest BCUT2D eigenvalue weighted by molar-refractivity contribution is -0.137. The highest BCUT2D eigenvalue weighted by Gasteiger charge is 2.30. The van der Waals surface area contributed by atoms with Gasteiger partial charge >= 0.3 is 12.1 Å². The van der Waals surface area contributed by atoms with Gasteiger partial charge in [-0.15, -0.1) is 11.3 Å². The quantitative estimate of drug-likeness (QED) is 0.414. The average molecular weight is 479 g/mol. The molecule has 4 rings (SSSR count). The smallest absolute Gasteiger partial charge is 0.407 e. The van der Waals surface area contributed by atoms with Crippen molar-refractivity contribution in [2.24, 2.45) is 0 Å². The molecule has 0 fully saturated rings. The van der Waals surface area contributed by atoms with Crippen molar-refractivity contribution in [1.82, 2.24) is 10.6 Å². The fourth-order valence-electron chi connectivity index (χ4n) is 4.24. The number of carbonyl (C=O) groups excluding carboxylic acids is 2. The van der Waals surface area contributed by atoms with Gasteiger partial charge in [-0.1, -0.05) is 54.6 Å². The Morgan fingerprint density at radius 3 is 2.21 bits per heavy atom. The zero-order valence-electron chi connectivity index (χ0n) is 18.7. The molecule has 0 radical (unpaired) electrons. The summed E-state index contributed by atoms with van der Waals surface area (Å²) in [5.74, 6) is -1.60. The lowest BCUT2D eigenvalue weighted by atomic mass is 9.98. The average Bonchev–Trinajstić information content (AvgIpc) is 3.47. The van der Waals surface area contributed by atoms with Gasteiger partial charge in [-0.2, -0.15) is 0 Å². The number of ether oxygens (including phenoxy) is 1. The fourth-order valence-corrected chi connectivity index (χ4v) is 4.98. The van der Waals surface area contributed by atoms with Gasteiger partial charge in [0.2, 0.25) is 5.91 Å². The summed E-state index contributed by atoms with van der Waals surface area (Å²) in [6, 6.07) is 18.5. The number of thiophene rings is 1. The molecule has 176 valence electrons. The Labute approximate surface area is 201 Å². The summed E-state index contributed by atoms with van der Waals surface area (Å²) in [7, 11) is 0. The Morgan fingerprint density at radius 2 is 1.62 bits per heavy atom. The number of fused-ring (bicyclic) bond motifs is 3. The third-order valence-electron chi connectivity index (χ3n) is 5.93.